The smallest absolute Gasteiger partial charge is 0.288 e. The van der Waals surface area contributed by atoms with E-state index in [2.05, 4.69) is 3.77 Å². The molecule has 2 atom stereocenters. The number of halogens is 1. The number of ether oxygens (including phenoxy) is 1. The van der Waals surface area contributed by atoms with E-state index in [0.717, 1.165) is 0 Å². The zero-order valence-electron chi connectivity index (χ0n) is 13.8. The maximum Gasteiger partial charge on any atom is 0.288 e. The molecule has 0 amide bonds. The van der Waals surface area contributed by atoms with Crippen molar-refractivity contribution >= 4 is 38.0 Å². The fraction of sp³-hybridized carbons (Fsp3) is 0.250. The first-order valence-corrected chi connectivity index (χ1v) is 10.8. The molecule has 0 spiro atoms. The molecule has 0 fully saturated rings. The second kappa shape index (κ2) is 9.22. The van der Waals surface area contributed by atoms with Crippen molar-refractivity contribution in [1.82, 2.24) is 0 Å². The van der Waals surface area contributed by atoms with E-state index in [1.54, 1.807) is 31.2 Å². The first kappa shape index (κ1) is 20.5. The molecule has 140 valence electrons. The third-order valence-electron chi connectivity index (χ3n) is 3.23. The van der Waals surface area contributed by atoms with E-state index in [1.165, 1.54) is 30.3 Å². The minimum Gasteiger partial charge on any atom is -0.365 e. The van der Waals surface area contributed by atoms with Crippen molar-refractivity contribution in [2.75, 3.05) is 12.5 Å². The zero-order valence-corrected chi connectivity index (χ0v) is 16.2. The lowest BCUT2D eigenvalue weighted by atomic mass is 10.3. The first-order valence-electron chi connectivity index (χ1n) is 7.58. The van der Waals surface area contributed by atoms with Crippen LogP contribution in [0.25, 0.3) is 0 Å². The molecule has 2 aromatic carbocycles. The summed E-state index contributed by atoms with van der Waals surface area (Å²) in [5, 5.41) is 11.4. The molecule has 0 radical (unpaired) electrons. The Hall–Kier alpha value is -1.81. The number of nitro groups is 1. The predicted octanol–water partition coefficient (Wildman–Crippen LogP) is 3.75. The Labute approximate surface area is 159 Å². The fourth-order valence-electron chi connectivity index (χ4n) is 2.11. The van der Waals surface area contributed by atoms with Gasteiger partial charge in [0, 0.05) is 12.7 Å². The Bertz CT molecular complexity index is 904. The summed E-state index contributed by atoms with van der Waals surface area (Å²) in [5.74, 6) is -0.0587. The number of hydrogen-bond donors (Lipinski definition) is 0. The Morgan fingerprint density at radius 3 is 2.38 bits per heavy atom. The van der Waals surface area contributed by atoms with Crippen LogP contribution >= 0.6 is 11.6 Å². The molecule has 10 heteroatoms. The summed E-state index contributed by atoms with van der Waals surface area (Å²) in [5.41, 5.74) is -1.03. The third-order valence-corrected chi connectivity index (χ3v) is 7.59. The Morgan fingerprint density at radius 1 is 1.19 bits per heavy atom. The van der Waals surface area contributed by atoms with Gasteiger partial charge in [-0.05, 0) is 35.8 Å². The summed E-state index contributed by atoms with van der Waals surface area (Å²) in [6.07, 6.45) is 0. The molecule has 0 saturated heterocycles. The Balaban J connectivity index is 2.68. The standard InChI is InChI=1S/C16H17ClN2O5S2/c1-2-24-16(12-17)25(15-11-7-6-10-14(15)19(20)21)18-26(22,23)13-8-4-3-5-9-13/h3-11,16H,2,12H2,1H3/t16-,25+/m1/s1. The van der Waals surface area contributed by atoms with Crippen LogP contribution in [0.1, 0.15) is 6.92 Å². The highest BCUT2D eigenvalue weighted by molar-refractivity contribution is 8.00. The molecular formula is C16H17ClN2O5S2. The number of sulfonamides is 1. The monoisotopic (exact) mass is 416 g/mol. The lowest BCUT2D eigenvalue weighted by molar-refractivity contribution is -0.387. The van der Waals surface area contributed by atoms with E-state index in [1.807, 2.05) is 0 Å². The second-order valence-electron chi connectivity index (χ2n) is 4.94. The van der Waals surface area contributed by atoms with Crippen molar-refractivity contribution in [3.63, 3.8) is 0 Å². The van der Waals surface area contributed by atoms with Crippen molar-refractivity contribution in [2.24, 2.45) is 3.77 Å². The summed E-state index contributed by atoms with van der Waals surface area (Å²) in [6.45, 7) is 1.99. The van der Waals surface area contributed by atoms with Crippen LogP contribution < -0.4 is 0 Å². The van der Waals surface area contributed by atoms with Crippen molar-refractivity contribution in [2.45, 2.75) is 22.2 Å². The molecule has 0 aliphatic rings. The van der Waals surface area contributed by atoms with E-state index < -0.39 is 31.1 Å². The predicted molar refractivity (Wildman–Crippen MR) is 101 cm³/mol. The van der Waals surface area contributed by atoms with Crippen LogP contribution in [0.15, 0.2) is 68.2 Å². The fourth-order valence-corrected chi connectivity index (χ4v) is 6.20. The van der Waals surface area contributed by atoms with E-state index >= 15 is 0 Å². The van der Waals surface area contributed by atoms with E-state index in [-0.39, 0.29) is 28.0 Å². The van der Waals surface area contributed by atoms with Crippen LogP contribution in [0.2, 0.25) is 0 Å². The molecule has 0 heterocycles. The molecular weight excluding hydrogens is 400 g/mol. The first-order chi connectivity index (χ1) is 12.4. The van der Waals surface area contributed by atoms with Gasteiger partial charge >= 0.3 is 0 Å². The van der Waals surface area contributed by atoms with Gasteiger partial charge in [0.2, 0.25) is 0 Å². The van der Waals surface area contributed by atoms with Crippen LogP contribution in [0.3, 0.4) is 0 Å². The van der Waals surface area contributed by atoms with Crippen molar-refractivity contribution in [3.8, 4) is 0 Å². The summed E-state index contributed by atoms with van der Waals surface area (Å²) >= 11 is 5.96. The SMILES string of the molecule is CCO[C@@H](CCl)[S@@](=NS(=O)(=O)c1ccccc1)c1ccccc1[N+](=O)[O-]. The highest BCUT2D eigenvalue weighted by Gasteiger charge is 2.26. The van der Waals surface area contributed by atoms with Gasteiger partial charge in [-0.2, -0.15) is 8.42 Å². The van der Waals surface area contributed by atoms with Crippen LogP contribution in [-0.2, 0) is 25.5 Å². The number of para-hydroxylation sites is 1. The largest absolute Gasteiger partial charge is 0.365 e. The summed E-state index contributed by atoms with van der Waals surface area (Å²) < 4.78 is 34.9. The minimum absolute atomic E-state index is 0.000838. The highest BCUT2D eigenvalue weighted by atomic mass is 35.5. The number of nitrogens with zero attached hydrogens (tertiary/aromatic N) is 2. The van der Waals surface area contributed by atoms with Gasteiger partial charge in [-0.25, -0.2) is 0 Å². The van der Waals surface area contributed by atoms with E-state index in [4.69, 9.17) is 16.3 Å². The molecule has 2 rings (SSSR count). The maximum absolute atomic E-state index is 12.7. The summed E-state index contributed by atoms with van der Waals surface area (Å²) in [4.78, 5) is 11.0. The topological polar surface area (TPSA) is 98.9 Å². The van der Waals surface area contributed by atoms with Gasteiger partial charge in [0.1, 0.15) is 5.44 Å². The highest BCUT2D eigenvalue weighted by Crippen LogP contribution is 2.28. The molecule has 0 saturated carbocycles. The molecule has 0 N–H and O–H groups in total. The zero-order chi connectivity index (χ0) is 19.2. The average molecular weight is 417 g/mol. The van der Waals surface area contributed by atoms with E-state index in [0.29, 0.717) is 0 Å². The lowest BCUT2D eigenvalue weighted by Gasteiger charge is -2.18. The quantitative estimate of drug-likeness (QED) is 0.370. The molecule has 2 aromatic rings. The van der Waals surface area contributed by atoms with Crippen LogP contribution in [0.5, 0.6) is 0 Å². The normalized spacial score (nSPS) is 14.1. The van der Waals surface area contributed by atoms with Crippen LogP contribution in [0.4, 0.5) is 5.69 Å². The summed E-state index contributed by atoms with van der Waals surface area (Å²) in [7, 11) is -5.53. The van der Waals surface area contributed by atoms with Crippen molar-refractivity contribution in [3.05, 3.63) is 64.7 Å². The molecule has 0 unspecified atom stereocenters. The second-order valence-corrected chi connectivity index (χ2v) is 8.86. The number of alkyl halides is 1. The maximum atomic E-state index is 12.7. The van der Waals surface area contributed by atoms with Gasteiger partial charge in [0.05, 0.1) is 20.6 Å². The third kappa shape index (κ3) is 4.88. The van der Waals surface area contributed by atoms with Crippen molar-refractivity contribution < 1.29 is 18.1 Å². The summed E-state index contributed by atoms with van der Waals surface area (Å²) in [6, 6.07) is 13.5. The number of nitro benzene ring substituents is 1. The average Bonchev–Trinajstić information content (AvgIpc) is 2.65. The molecule has 26 heavy (non-hydrogen) atoms. The van der Waals surface area contributed by atoms with Gasteiger partial charge in [-0.15, -0.1) is 15.4 Å². The van der Waals surface area contributed by atoms with E-state index in [9.17, 15) is 18.5 Å². The molecule has 0 aromatic heterocycles. The van der Waals surface area contributed by atoms with Gasteiger partial charge in [0.15, 0.2) is 0 Å². The van der Waals surface area contributed by atoms with Gasteiger partial charge in [-0.3, -0.25) is 10.1 Å². The molecule has 7 nitrogen and oxygen atoms in total. The Kier molecular flexibility index (Phi) is 7.27. The Morgan fingerprint density at radius 2 is 1.81 bits per heavy atom. The lowest BCUT2D eigenvalue weighted by Crippen LogP contribution is -2.23. The molecule has 0 aliphatic heterocycles. The van der Waals surface area contributed by atoms with Gasteiger partial charge in [-0.1, -0.05) is 30.3 Å². The number of rotatable bonds is 8. The number of hydrogen-bond acceptors (Lipinski definition) is 5. The minimum atomic E-state index is -4.05. The van der Waals surface area contributed by atoms with Crippen molar-refractivity contribution in [1.29, 1.82) is 0 Å². The van der Waals surface area contributed by atoms with Gasteiger partial charge in [0.25, 0.3) is 15.7 Å². The number of benzene rings is 2. The molecule has 0 aliphatic carbocycles. The molecule has 0 bridgehead atoms. The van der Waals surface area contributed by atoms with Crippen LogP contribution in [0, 0.1) is 10.1 Å². The van der Waals surface area contributed by atoms with Gasteiger partial charge < -0.3 is 4.74 Å². The van der Waals surface area contributed by atoms with Crippen LogP contribution in [-0.4, -0.2) is 31.3 Å².